The Morgan fingerprint density at radius 1 is 1.25 bits per heavy atom. The van der Waals surface area contributed by atoms with Gasteiger partial charge in [-0.1, -0.05) is 36.4 Å². The van der Waals surface area contributed by atoms with E-state index in [0.29, 0.717) is 18.1 Å². The van der Waals surface area contributed by atoms with Crippen molar-refractivity contribution in [3.8, 4) is 0 Å². The second-order valence-electron chi connectivity index (χ2n) is 5.96. The zero-order valence-electron chi connectivity index (χ0n) is 14.9. The molecule has 0 aliphatic carbocycles. The van der Waals surface area contributed by atoms with E-state index in [9.17, 15) is 0 Å². The number of nitrogens with one attached hydrogen (secondary N) is 2. The van der Waals surface area contributed by atoms with Crippen LogP contribution in [0.15, 0.2) is 42.1 Å². The topological polar surface area (TPSA) is 70.3 Å². The molecule has 1 fully saturated rings. The fourth-order valence-electron chi connectivity index (χ4n) is 3.09. The van der Waals surface area contributed by atoms with E-state index in [1.54, 1.807) is 13.2 Å². The predicted octanol–water partition coefficient (Wildman–Crippen LogP) is 2.62. The van der Waals surface area contributed by atoms with E-state index in [0.717, 1.165) is 25.8 Å². The van der Waals surface area contributed by atoms with E-state index in [-0.39, 0.29) is 6.61 Å². The molecule has 0 aromatic heterocycles. The lowest BCUT2D eigenvalue weighted by Gasteiger charge is -2.30. The number of piperidine rings is 1. The summed E-state index contributed by atoms with van der Waals surface area (Å²) >= 11 is 3.53. The van der Waals surface area contributed by atoms with Gasteiger partial charge >= 0.3 is 0 Å². The van der Waals surface area contributed by atoms with Crippen LogP contribution in [0.5, 0.6) is 0 Å². The monoisotopic (exact) mass is 351 g/mol. The zero-order valence-corrected chi connectivity index (χ0v) is 15.8. The molecule has 1 aromatic carbocycles. The molecule has 3 unspecified atom stereocenters. The molecule has 4 nitrogen and oxygen atoms in total. The fraction of sp³-hybridized carbons (Fsp3) is 0.579. The van der Waals surface area contributed by atoms with Crippen LogP contribution < -0.4 is 16.4 Å². The van der Waals surface area contributed by atoms with Crippen LogP contribution in [-0.2, 0) is 0 Å². The quantitative estimate of drug-likeness (QED) is 0.543. The summed E-state index contributed by atoms with van der Waals surface area (Å²) in [7, 11) is 0. The average molecular weight is 352 g/mol. The second kappa shape index (κ2) is 12.4. The summed E-state index contributed by atoms with van der Waals surface area (Å²) in [5, 5.41) is 14.8. The normalized spacial score (nSPS) is 25.4. The van der Waals surface area contributed by atoms with E-state index in [2.05, 4.69) is 59.7 Å². The van der Waals surface area contributed by atoms with Crippen LogP contribution >= 0.6 is 12.6 Å². The summed E-state index contributed by atoms with van der Waals surface area (Å²) in [6.07, 6.45) is 8.50. The van der Waals surface area contributed by atoms with Crippen molar-refractivity contribution in [3.05, 3.63) is 47.7 Å². The summed E-state index contributed by atoms with van der Waals surface area (Å²) in [5.74, 6) is 0. The maximum atomic E-state index is 7.57. The predicted molar refractivity (Wildman–Crippen MR) is 106 cm³/mol. The highest BCUT2D eigenvalue weighted by atomic mass is 32.1. The SMILES string of the molecule is CCO.CS.NC1CCCNC1CC1=CCC(c2ccccc2)N1. The average Bonchev–Trinajstić information content (AvgIpc) is 3.09. The van der Waals surface area contributed by atoms with Crippen molar-refractivity contribution < 1.29 is 5.11 Å². The van der Waals surface area contributed by atoms with Gasteiger partial charge in [0.1, 0.15) is 0 Å². The van der Waals surface area contributed by atoms with Gasteiger partial charge in [-0.3, -0.25) is 0 Å². The number of thiol groups is 1. The number of aliphatic hydroxyl groups excluding tert-OH is 1. The highest BCUT2D eigenvalue weighted by Gasteiger charge is 2.25. The lowest BCUT2D eigenvalue weighted by atomic mass is 9.95. The molecular weight excluding hydrogens is 318 g/mol. The standard InChI is InChI=1S/C16H23N3.C2H6O.CH4S/c17-14-7-4-10-18-16(14)11-13-8-9-15(19-13)12-5-2-1-3-6-12;1-2-3;1-2/h1-3,5-6,8,14-16,18-19H,4,7,9-11,17H2;3H,2H2,1H3;2H,1H3. The van der Waals surface area contributed by atoms with Crippen molar-refractivity contribution in [2.75, 3.05) is 19.4 Å². The first-order chi connectivity index (χ1) is 11.7. The number of benzene rings is 1. The van der Waals surface area contributed by atoms with E-state index in [4.69, 9.17) is 10.8 Å². The van der Waals surface area contributed by atoms with Gasteiger partial charge in [0.15, 0.2) is 0 Å². The highest BCUT2D eigenvalue weighted by molar-refractivity contribution is 7.79. The van der Waals surface area contributed by atoms with Crippen molar-refractivity contribution >= 4 is 12.6 Å². The van der Waals surface area contributed by atoms with Crippen molar-refractivity contribution in [2.45, 2.75) is 50.7 Å². The summed E-state index contributed by atoms with van der Waals surface area (Å²) in [6.45, 7) is 3.04. The Morgan fingerprint density at radius 3 is 2.54 bits per heavy atom. The van der Waals surface area contributed by atoms with Crippen LogP contribution in [0.1, 0.15) is 44.2 Å². The molecule has 0 bridgehead atoms. The lowest BCUT2D eigenvalue weighted by Crippen LogP contribution is -2.49. The first-order valence-corrected chi connectivity index (χ1v) is 9.69. The van der Waals surface area contributed by atoms with Crippen LogP contribution in [0.4, 0.5) is 0 Å². The molecule has 0 radical (unpaired) electrons. The Labute approximate surface area is 152 Å². The van der Waals surface area contributed by atoms with Gasteiger partial charge in [0, 0.05) is 30.8 Å². The summed E-state index contributed by atoms with van der Waals surface area (Å²) in [6, 6.07) is 11.8. The molecule has 1 saturated heterocycles. The number of aliphatic hydroxyl groups is 1. The van der Waals surface area contributed by atoms with Gasteiger partial charge in [-0.05, 0) is 44.6 Å². The lowest BCUT2D eigenvalue weighted by molar-refractivity contribution is 0.318. The molecule has 0 amide bonds. The molecule has 5 heteroatoms. The third kappa shape index (κ3) is 6.85. The minimum Gasteiger partial charge on any atom is -0.397 e. The second-order valence-corrected chi connectivity index (χ2v) is 5.96. The number of hydrogen-bond acceptors (Lipinski definition) is 5. The Morgan fingerprint density at radius 2 is 1.92 bits per heavy atom. The fourth-order valence-corrected chi connectivity index (χ4v) is 3.09. The molecule has 3 atom stereocenters. The molecule has 5 N–H and O–H groups in total. The zero-order chi connectivity index (χ0) is 17.8. The largest absolute Gasteiger partial charge is 0.397 e. The number of hydrogen-bond donors (Lipinski definition) is 5. The molecule has 1 aromatic rings. The minimum atomic E-state index is 0.250. The van der Waals surface area contributed by atoms with E-state index >= 15 is 0 Å². The Kier molecular flexibility index (Phi) is 10.8. The smallest absolute Gasteiger partial charge is 0.0545 e. The summed E-state index contributed by atoms with van der Waals surface area (Å²) in [5.41, 5.74) is 8.91. The number of nitrogens with two attached hydrogens (primary N) is 1. The third-order valence-electron chi connectivity index (χ3n) is 4.24. The van der Waals surface area contributed by atoms with Crippen LogP contribution in [0.25, 0.3) is 0 Å². The van der Waals surface area contributed by atoms with Gasteiger partial charge in [-0.2, -0.15) is 12.6 Å². The van der Waals surface area contributed by atoms with Crippen LogP contribution in [0.2, 0.25) is 0 Å². The maximum Gasteiger partial charge on any atom is 0.0545 e. The van der Waals surface area contributed by atoms with Crippen molar-refractivity contribution in [3.63, 3.8) is 0 Å². The first kappa shape index (κ1) is 21.0. The van der Waals surface area contributed by atoms with Crippen LogP contribution in [0.3, 0.4) is 0 Å². The van der Waals surface area contributed by atoms with Crippen molar-refractivity contribution in [1.29, 1.82) is 0 Å². The van der Waals surface area contributed by atoms with Crippen LogP contribution in [0, 0.1) is 0 Å². The third-order valence-corrected chi connectivity index (χ3v) is 4.24. The van der Waals surface area contributed by atoms with Crippen molar-refractivity contribution in [1.82, 2.24) is 10.6 Å². The number of rotatable bonds is 3. The van der Waals surface area contributed by atoms with Crippen molar-refractivity contribution in [2.24, 2.45) is 5.73 Å². The van der Waals surface area contributed by atoms with Gasteiger partial charge in [0.2, 0.25) is 0 Å². The molecule has 136 valence electrons. The molecule has 2 aliphatic rings. The molecule has 0 spiro atoms. The molecule has 2 aliphatic heterocycles. The molecule has 24 heavy (non-hydrogen) atoms. The van der Waals surface area contributed by atoms with E-state index < -0.39 is 0 Å². The molecule has 3 rings (SSSR count). The maximum absolute atomic E-state index is 7.57. The Bertz CT molecular complexity index is 467. The Balaban J connectivity index is 0.000000521. The molecule has 2 heterocycles. The first-order valence-electron chi connectivity index (χ1n) is 8.79. The minimum absolute atomic E-state index is 0.250. The van der Waals surface area contributed by atoms with Gasteiger partial charge < -0.3 is 21.5 Å². The summed E-state index contributed by atoms with van der Waals surface area (Å²) < 4.78 is 0. The molecule has 0 saturated carbocycles. The van der Waals surface area contributed by atoms with Gasteiger partial charge in [-0.15, -0.1) is 0 Å². The summed E-state index contributed by atoms with van der Waals surface area (Å²) in [4.78, 5) is 0. The highest BCUT2D eigenvalue weighted by Crippen LogP contribution is 2.27. The molecular formula is C19H33N3OS. The van der Waals surface area contributed by atoms with Gasteiger partial charge in [-0.25, -0.2) is 0 Å². The van der Waals surface area contributed by atoms with Gasteiger partial charge in [0.25, 0.3) is 0 Å². The Hall–Kier alpha value is -1.01. The van der Waals surface area contributed by atoms with Crippen LogP contribution in [-0.4, -0.2) is 36.6 Å². The van der Waals surface area contributed by atoms with E-state index in [1.807, 2.05) is 0 Å². The van der Waals surface area contributed by atoms with E-state index in [1.165, 1.54) is 17.7 Å². The van der Waals surface area contributed by atoms with Gasteiger partial charge in [0.05, 0.1) is 6.04 Å².